The molecule has 1 aromatic rings. The zero-order valence-corrected chi connectivity index (χ0v) is 11.5. The smallest absolute Gasteiger partial charge is 0.320 e. The van der Waals surface area contributed by atoms with Crippen LogP contribution in [0.2, 0.25) is 0 Å². The number of hydrogen-bond acceptors (Lipinski definition) is 4. The maximum absolute atomic E-state index is 11.9. The standard InChI is InChI=1S/C15H22N2O3/c16-12(7-4-8-13(17)15(19)20)14(18)10-9-11-5-2-1-3-6-11/h1-3,5-6,12-13H,4,7-10,16-17H2,(H,19,20)/t12?,13-/m0/s1. The third kappa shape index (κ3) is 5.95. The van der Waals surface area contributed by atoms with Crippen LogP contribution in [0.1, 0.15) is 31.2 Å². The Bertz CT molecular complexity index is 434. The molecule has 0 bridgehead atoms. The van der Waals surface area contributed by atoms with Crippen LogP contribution in [0.3, 0.4) is 0 Å². The molecule has 0 amide bonds. The Balaban J connectivity index is 2.24. The summed E-state index contributed by atoms with van der Waals surface area (Å²) in [6.07, 6.45) is 2.47. The van der Waals surface area contributed by atoms with E-state index >= 15 is 0 Å². The van der Waals surface area contributed by atoms with Gasteiger partial charge in [-0.25, -0.2) is 0 Å². The van der Waals surface area contributed by atoms with Crippen molar-refractivity contribution in [2.24, 2.45) is 11.5 Å². The summed E-state index contributed by atoms with van der Waals surface area (Å²) in [6.45, 7) is 0. The molecule has 5 heteroatoms. The first kappa shape index (κ1) is 16.3. The Labute approximate surface area is 119 Å². The van der Waals surface area contributed by atoms with Crippen LogP contribution in [-0.4, -0.2) is 28.9 Å². The van der Waals surface area contributed by atoms with Crippen LogP contribution in [0, 0.1) is 0 Å². The lowest BCUT2D eigenvalue weighted by Crippen LogP contribution is -2.33. The SMILES string of the molecule is NC(CCC[C@H](N)C(=O)O)C(=O)CCc1ccccc1. The van der Waals surface area contributed by atoms with Crippen LogP contribution in [0.25, 0.3) is 0 Å². The van der Waals surface area contributed by atoms with E-state index in [4.69, 9.17) is 16.6 Å². The van der Waals surface area contributed by atoms with Gasteiger partial charge in [0.15, 0.2) is 0 Å². The number of Topliss-reactive ketones (excluding diaryl/α,β-unsaturated/α-hetero) is 1. The Morgan fingerprint density at radius 2 is 1.65 bits per heavy atom. The molecule has 0 aliphatic carbocycles. The van der Waals surface area contributed by atoms with E-state index in [-0.39, 0.29) is 5.78 Å². The molecule has 0 aromatic heterocycles. The number of rotatable bonds is 9. The lowest BCUT2D eigenvalue weighted by molar-refractivity contribution is -0.138. The topological polar surface area (TPSA) is 106 Å². The Kier molecular flexibility index (Phi) is 6.90. The lowest BCUT2D eigenvalue weighted by atomic mass is 9.99. The van der Waals surface area contributed by atoms with E-state index in [1.54, 1.807) is 0 Å². The summed E-state index contributed by atoms with van der Waals surface area (Å²) < 4.78 is 0. The number of carboxylic acids is 1. The zero-order valence-electron chi connectivity index (χ0n) is 11.5. The van der Waals surface area contributed by atoms with Crippen molar-refractivity contribution in [2.45, 2.75) is 44.2 Å². The molecule has 1 unspecified atom stereocenters. The van der Waals surface area contributed by atoms with Crippen LogP contribution in [0.5, 0.6) is 0 Å². The number of carboxylic acid groups (broad SMARTS) is 1. The van der Waals surface area contributed by atoms with Gasteiger partial charge in [-0.05, 0) is 31.2 Å². The number of ketones is 1. The second-order valence-electron chi connectivity index (χ2n) is 4.93. The molecule has 20 heavy (non-hydrogen) atoms. The van der Waals surface area contributed by atoms with Crippen molar-refractivity contribution in [3.8, 4) is 0 Å². The van der Waals surface area contributed by atoms with E-state index in [9.17, 15) is 9.59 Å². The summed E-state index contributed by atoms with van der Waals surface area (Å²) in [4.78, 5) is 22.4. The molecule has 0 heterocycles. The molecule has 0 spiro atoms. The molecule has 0 saturated carbocycles. The fourth-order valence-electron chi connectivity index (χ4n) is 1.94. The number of carbonyl (C=O) groups is 2. The van der Waals surface area contributed by atoms with Gasteiger partial charge >= 0.3 is 5.97 Å². The Hall–Kier alpha value is -1.72. The van der Waals surface area contributed by atoms with Gasteiger partial charge in [0.1, 0.15) is 11.8 Å². The van der Waals surface area contributed by atoms with Crippen molar-refractivity contribution in [3.63, 3.8) is 0 Å². The highest BCUT2D eigenvalue weighted by atomic mass is 16.4. The molecule has 5 N–H and O–H groups in total. The van der Waals surface area contributed by atoms with Gasteiger partial charge in [0.05, 0.1) is 6.04 Å². The predicted molar refractivity (Wildman–Crippen MR) is 77.2 cm³/mol. The fourth-order valence-corrected chi connectivity index (χ4v) is 1.94. The van der Waals surface area contributed by atoms with Crippen molar-refractivity contribution in [1.29, 1.82) is 0 Å². The monoisotopic (exact) mass is 278 g/mol. The average molecular weight is 278 g/mol. The molecule has 1 aromatic carbocycles. The fraction of sp³-hybridized carbons (Fsp3) is 0.467. The molecule has 0 radical (unpaired) electrons. The van der Waals surface area contributed by atoms with E-state index in [2.05, 4.69) is 0 Å². The van der Waals surface area contributed by atoms with Gasteiger partial charge in [0.25, 0.3) is 0 Å². The maximum Gasteiger partial charge on any atom is 0.320 e. The molecule has 0 aliphatic heterocycles. The number of carbonyl (C=O) groups excluding carboxylic acids is 1. The molecule has 110 valence electrons. The minimum atomic E-state index is -1.02. The van der Waals surface area contributed by atoms with Crippen molar-refractivity contribution in [3.05, 3.63) is 35.9 Å². The number of hydrogen-bond donors (Lipinski definition) is 3. The van der Waals surface area contributed by atoms with Gasteiger partial charge in [-0.15, -0.1) is 0 Å². The van der Waals surface area contributed by atoms with Gasteiger partial charge in [-0.2, -0.15) is 0 Å². The maximum atomic E-state index is 11.9. The number of benzene rings is 1. The summed E-state index contributed by atoms with van der Waals surface area (Å²) in [5, 5.41) is 8.64. The van der Waals surface area contributed by atoms with Gasteiger partial charge in [0.2, 0.25) is 0 Å². The third-order valence-corrected chi connectivity index (χ3v) is 3.26. The van der Waals surface area contributed by atoms with Crippen molar-refractivity contribution < 1.29 is 14.7 Å². The molecular weight excluding hydrogens is 256 g/mol. The summed E-state index contributed by atoms with van der Waals surface area (Å²) in [5.74, 6) is -1.01. The van der Waals surface area contributed by atoms with Gasteiger partial charge in [-0.1, -0.05) is 30.3 Å². The molecule has 2 atom stereocenters. The predicted octanol–water partition coefficient (Wildman–Crippen LogP) is 1.10. The van der Waals surface area contributed by atoms with Crippen LogP contribution >= 0.6 is 0 Å². The van der Waals surface area contributed by atoms with Crippen LogP contribution < -0.4 is 11.5 Å². The van der Waals surface area contributed by atoms with E-state index in [0.29, 0.717) is 32.1 Å². The van der Waals surface area contributed by atoms with E-state index in [1.807, 2.05) is 30.3 Å². The summed E-state index contributed by atoms with van der Waals surface area (Å²) in [7, 11) is 0. The second-order valence-corrected chi connectivity index (χ2v) is 4.93. The van der Waals surface area contributed by atoms with E-state index < -0.39 is 18.1 Å². The number of aryl methyl sites for hydroxylation is 1. The first-order chi connectivity index (χ1) is 9.50. The van der Waals surface area contributed by atoms with E-state index in [0.717, 1.165) is 5.56 Å². The number of aliphatic carboxylic acids is 1. The van der Waals surface area contributed by atoms with E-state index in [1.165, 1.54) is 0 Å². The molecule has 5 nitrogen and oxygen atoms in total. The van der Waals surface area contributed by atoms with Crippen molar-refractivity contribution >= 4 is 11.8 Å². The molecule has 0 saturated heterocycles. The molecule has 1 rings (SSSR count). The summed E-state index contributed by atoms with van der Waals surface area (Å²) in [6, 6.07) is 8.36. The Morgan fingerprint density at radius 1 is 1.05 bits per heavy atom. The Morgan fingerprint density at radius 3 is 2.25 bits per heavy atom. The van der Waals surface area contributed by atoms with Crippen molar-refractivity contribution in [1.82, 2.24) is 0 Å². The highest BCUT2D eigenvalue weighted by molar-refractivity contribution is 5.83. The normalized spacial score (nSPS) is 13.7. The third-order valence-electron chi connectivity index (χ3n) is 3.26. The largest absolute Gasteiger partial charge is 0.480 e. The van der Waals surface area contributed by atoms with Crippen molar-refractivity contribution in [2.75, 3.05) is 0 Å². The summed E-state index contributed by atoms with van der Waals surface area (Å²) >= 11 is 0. The highest BCUT2D eigenvalue weighted by Gasteiger charge is 2.15. The first-order valence-electron chi connectivity index (χ1n) is 6.81. The van der Waals surface area contributed by atoms with Crippen LogP contribution in [0.4, 0.5) is 0 Å². The minimum Gasteiger partial charge on any atom is -0.480 e. The van der Waals surface area contributed by atoms with Gasteiger partial charge < -0.3 is 16.6 Å². The molecule has 0 aliphatic rings. The summed E-state index contributed by atoms with van der Waals surface area (Å²) in [5.41, 5.74) is 12.3. The highest BCUT2D eigenvalue weighted by Crippen LogP contribution is 2.08. The quantitative estimate of drug-likeness (QED) is 0.627. The second kappa shape index (κ2) is 8.45. The zero-order chi connectivity index (χ0) is 15.0. The van der Waals surface area contributed by atoms with Gasteiger partial charge in [0, 0.05) is 6.42 Å². The number of nitrogens with two attached hydrogens (primary N) is 2. The first-order valence-corrected chi connectivity index (χ1v) is 6.81. The molecular formula is C15H22N2O3. The minimum absolute atomic E-state index is 0.0118. The lowest BCUT2D eigenvalue weighted by Gasteiger charge is -2.11. The van der Waals surface area contributed by atoms with Gasteiger partial charge in [-0.3, -0.25) is 9.59 Å². The van der Waals surface area contributed by atoms with Crippen LogP contribution in [-0.2, 0) is 16.0 Å². The molecule has 0 fully saturated rings. The van der Waals surface area contributed by atoms with Crippen LogP contribution in [0.15, 0.2) is 30.3 Å². The average Bonchev–Trinajstić information content (AvgIpc) is 2.45.